The minimum absolute atomic E-state index is 0.402. The molecule has 0 spiro atoms. The molecule has 1 aliphatic carbocycles. The van der Waals surface area contributed by atoms with Crippen molar-refractivity contribution in [3.63, 3.8) is 0 Å². The third kappa shape index (κ3) is 2.48. The normalized spacial score (nSPS) is 15.7. The average molecular weight is 221 g/mol. The molecule has 0 unspecified atom stereocenters. The van der Waals surface area contributed by atoms with Gasteiger partial charge in [0, 0.05) is 0 Å². The molecule has 80 valence electrons. The standard InChI is InChI=1S/C12H15NOS/c13-12(15)10-6-1-2-7-11(10)14-8-9-4-3-5-9/h1-2,6-7,9H,3-5,8H2,(H2,13,15). The van der Waals surface area contributed by atoms with Crippen molar-refractivity contribution in [2.24, 2.45) is 11.7 Å². The van der Waals surface area contributed by atoms with Crippen LogP contribution in [0.5, 0.6) is 5.75 Å². The first kappa shape index (κ1) is 10.4. The molecule has 1 saturated carbocycles. The predicted molar refractivity (Wildman–Crippen MR) is 65.2 cm³/mol. The second-order valence-electron chi connectivity index (χ2n) is 3.97. The number of nitrogens with two attached hydrogens (primary N) is 1. The van der Waals surface area contributed by atoms with Crippen LogP contribution in [0.25, 0.3) is 0 Å². The van der Waals surface area contributed by atoms with Gasteiger partial charge in [-0.25, -0.2) is 0 Å². The van der Waals surface area contributed by atoms with Crippen LogP contribution in [-0.2, 0) is 0 Å². The van der Waals surface area contributed by atoms with E-state index < -0.39 is 0 Å². The maximum absolute atomic E-state index is 5.73. The van der Waals surface area contributed by atoms with E-state index in [1.165, 1.54) is 19.3 Å². The highest BCUT2D eigenvalue weighted by molar-refractivity contribution is 7.80. The van der Waals surface area contributed by atoms with Gasteiger partial charge >= 0.3 is 0 Å². The first-order valence-corrected chi connectivity index (χ1v) is 5.70. The molecular formula is C12H15NOS. The molecule has 1 aromatic rings. The van der Waals surface area contributed by atoms with Crippen molar-refractivity contribution in [1.82, 2.24) is 0 Å². The van der Waals surface area contributed by atoms with Gasteiger partial charge in [-0.15, -0.1) is 0 Å². The zero-order valence-corrected chi connectivity index (χ0v) is 9.43. The lowest BCUT2D eigenvalue weighted by atomic mass is 9.86. The highest BCUT2D eigenvalue weighted by atomic mass is 32.1. The van der Waals surface area contributed by atoms with Gasteiger partial charge in [0.1, 0.15) is 10.7 Å². The first-order chi connectivity index (χ1) is 7.27. The minimum atomic E-state index is 0.402. The van der Waals surface area contributed by atoms with Crippen molar-refractivity contribution in [2.75, 3.05) is 6.61 Å². The Hall–Kier alpha value is -1.09. The lowest BCUT2D eigenvalue weighted by molar-refractivity contribution is 0.180. The van der Waals surface area contributed by atoms with Crippen molar-refractivity contribution >= 4 is 17.2 Å². The Kier molecular flexibility index (Phi) is 3.21. The smallest absolute Gasteiger partial charge is 0.129 e. The molecule has 0 atom stereocenters. The van der Waals surface area contributed by atoms with E-state index in [9.17, 15) is 0 Å². The van der Waals surface area contributed by atoms with Gasteiger partial charge in [0.05, 0.1) is 12.2 Å². The summed E-state index contributed by atoms with van der Waals surface area (Å²) in [5, 5.41) is 0. The number of benzene rings is 1. The van der Waals surface area contributed by atoms with Gasteiger partial charge in [-0.3, -0.25) is 0 Å². The quantitative estimate of drug-likeness (QED) is 0.793. The SMILES string of the molecule is NC(=S)c1ccccc1OCC1CCC1. The molecule has 0 aliphatic heterocycles. The molecule has 0 bridgehead atoms. The first-order valence-electron chi connectivity index (χ1n) is 5.29. The molecule has 0 heterocycles. The zero-order chi connectivity index (χ0) is 10.7. The molecule has 1 aliphatic rings. The van der Waals surface area contributed by atoms with E-state index in [0.29, 0.717) is 4.99 Å². The van der Waals surface area contributed by atoms with Crippen LogP contribution in [0.15, 0.2) is 24.3 Å². The topological polar surface area (TPSA) is 35.2 Å². The monoisotopic (exact) mass is 221 g/mol. The molecule has 15 heavy (non-hydrogen) atoms. The Balaban J connectivity index is 2.02. The van der Waals surface area contributed by atoms with Crippen LogP contribution in [0, 0.1) is 5.92 Å². The third-order valence-corrected chi connectivity index (χ3v) is 3.07. The number of ether oxygens (including phenoxy) is 1. The number of thiocarbonyl (C=S) groups is 1. The van der Waals surface area contributed by atoms with E-state index in [1.54, 1.807) is 0 Å². The molecule has 2 nitrogen and oxygen atoms in total. The van der Waals surface area contributed by atoms with Gasteiger partial charge in [-0.2, -0.15) is 0 Å². The Morgan fingerprint density at radius 1 is 1.40 bits per heavy atom. The molecular weight excluding hydrogens is 206 g/mol. The fourth-order valence-electron chi connectivity index (χ4n) is 1.66. The molecule has 0 saturated heterocycles. The highest BCUT2D eigenvalue weighted by Crippen LogP contribution is 2.28. The maximum Gasteiger partial charge on any atom is 0.129 e. The second kappa shape index (κ2) is 4.62. The van der Waals surface area contributed by atoms with Crippen molar-refractivity contribution in [3.8, 4) is 5.75 Å². The van der Waals surface area contributed by atoms with Gasteiger partial charge in [-0.05, 0) is 30.9 Å². The van der Waals surface area contributed by atoms with Crippen LogP contribution >= 0.6 is 12.2 Å². The summed E-state index contributed by atoms with van der Waals surface area (Å²) in [6, 6.07) is 7.69. The van der Waals surface area contributed by atoms with Crippen molar-refractivity contribution in [2.45, 2.75) is 19.3 Å². The van der Waals surface area contributed by atoms with Gasteiger partial charge in [0.25, 0.3) is 0 Å². The average Bonchev–Trinajstić information content (AvgIpc) is 2.16. The molecule has 0 aromatic heterocycles. The number of hydrogen-bond acceptors (Lipinski definition) is 2. The summed E-state index contributed by atoms with van der Waals surface area (Å²) in [7, 11) is 0. The zero-order valence-electron chi connectivity index (χ0n) is 8.61. The van der Waals surface area contributed by atoms with E-state index in [0.717, 1.165) is 23.8 Å². The van der Waals surface area contributed by atoms with Crippen molar-refractivity contribution in [1.29, 1.82) is 0 Å². The lowest BCUT2D eigenvalue weighted by Gasteiger charge is -2.25. The van der Waals surface area contributed by atoms with Crippen LogP contribution in [0.3, 0.4) is 0 Å². The fourth-order valence-corrected chi connectivity index (χ4v) is 1.83. The van der Waals surface area contributed by atoms with Crippen LogP contribution in [-0.4, -0.2) is 11.6 Å². The maximum atomic E-state index is 5.73. The Morgan fingerprint density at radius 3 is 2.73 bits per heavy atom. The summed E-state index contributed by atoms with van der Waals surface area (Å²) in [4.78, 5) is 0.402. The van der Waals surface area contributed by atoms with Gasteiger partial charge < -0.3 is 10.5 Å². The summed E-state index contributed by atoms with van der Waals surface area (Å²) < 4.78 is 5.73. The van der Waals surface area contributed by atoms with E-state index in [-0.39, 0.29) is 0 Å². The van der Waals surface area contributed by atoms with E-state index in [2.05, 4.69) is 0 Å². The third-order valence-electron chi connectivity index (χ3n) is 2.85. The van der Waals surface area contributed by atoms with Gasteiger partial charge in [-0.1, -0.05) is 30.8 Å². The van der Waals surface area contributed by atoms with Crippen molar-refractivity contribution < 1.29 is 4.74 Å². The molecule has 1 aromatic carbocycles. The predicted octanol–water partition coefficient (Wildman–Crippen LogP) is 2.50. The van der Waals surface area contributed by atoms with Gasteiger partial charge in [0.2, 0.25) is 0 Å². The number of hydrogen-bond donors (Lipinski definition) is 1. The number of rotatable bonds is 4. The summed E-state index contributed by atoms with van der Waals surface area (Å²) in [5.74, 6) is 1.54. The molecule has 0 amide bonds. The fraction of sp³-hybridized carbons (Fsp3) is 0.417. The van der Waals surface area contributed by atoms with Gasteiger partial charge in [0.15, 0.2) is 0 Å². The van der Waals surface area contributed by atoms with Crippen LogP contribution in [0.2, 0.25) is 0 Å². The summed E-state index contributed by atoms with van der Waals surface area (Å²) in [6.45, 7) is 0.791. The second-order valence-corrected chi connectivity index (χ2v) is 4.41. The van der Waals surface area contributed by atoms with Crippen LogP contribution in [0.1, 0.15) is 24.8 Å². The summed E-state index contributed by atoms with van der Waals surface area (Å²) in [6.07, 6.45) is 3.91. The number of para-hydroxylation sites is 1. The molecule has 3 heteroatoms. The highest BCUT2D eigenvalue weighted by Gasteiger charge is 2.18. The Labute approximate surface area is 95.4 Å². The summed E-state index contributed by atoms with van der Waals surface area (Å²) >= 11 is 4.97. The van der Waals surface area contributed by atoms with Crippen LogP contribution in [0.4, 0.5) is 0 Å². The van der Waals surface area contributed by atoms with E-state index in [1.807, 2.05) is 24.3 Å². The molecule has 2 N–H and O–H groups in total. The Morgan fingerprint density at radius 2 is 2.13 bits per heavy atom. The van der Waals surface area contributed by atoms with Crippen LogP contribution < -0.4 is 10.5 Å². The Bertz CT molecular complexity index is 360. The summed E-state index contributed by atoms with van der Waals surface area (Å²) in [5.41, 5.74) is 6.46. The van der Waals surface area contributed by atoms with Crippen molar-refractivity contribution in [3.05, 3.63) is 29.8 Å². The largest absolute Gasteiger partial charge is 0.493 e. The molecule has 2 rings (SSSR count). The lowest BCUT2D eigenvalue weighted by Crippen LogP contribution is -2.20. The van der Waals surface area contributed by atoms with E-state index >= 15 is 0 Å². The molecule has 1 fully saturated rings. The van der Waals surface area contributed by atoms with E-state index in [4.69, 9.17) is 22.7 Å². The molecule has 0 radical (unpaired) electrons. The minimum Gasteiger partial charge on any atom is -0.493 e.